The highest BCUT2D eigenvalue weighted by atomic mass is 127. The fourth-order valence-corrected chi connectivity index (χ4v) is 4.98. The van der Waals surface area contributed by atoms with Crippen LogP contribution < -0.4 is 4.90 Å². The molecule has 1 aliphatic heterocycles. The Hall–Kier alpha value is -2.49. The van der Waals surface area contributed by atoms with Crippen molar-refractivity contribution in [3.05, 3.63) is 57.8 Å². The number of hydrogen-bond donors (Lipinski definition) is 0. The highest BCUT2D eigenvalue weighted by Gasteiger charge is 2.28. The predicted octanol–water partition coefficient (Wildman–Crippen LogP) is 5.00. The first-order chi connectivity index (χ1) is 14.9. The zero-order chi connectivity index (χ0) is 21.7. The Bertz CT molecular complexity index is 1240. The Labute approximate surface area is 194 Å². The molecule has 31 heavy (non-hydrogen) atoms. The lowest BCUT2D eigenvalue weighted by Gasteiger charge is -2.27. The van der Waals surface area contributed by atoms with E-state index in [-0.39, 0.29) is 5.82 Å². The second kappa shape index (κ2) is 7.89. The number of fused-ring (bicyclic) bond motifs is 1. The summed E-state index contributed by atoms with van der Waals surface area (Å²) in [7, 11) is 1.89. The van der Waals surface area contributed by atoms with Crippen LogP contribution in [0.15, 0.2) is 42.7 Å². The van der Waals surface area contributed by atoms with Crippen molar-refractivity contribution in [2.24, 2.45) is 7.05 Å². The number of aromatic nitrogens is 5. The van der Waals surface area contributed by atoms with Crippen LogP contribution in [0.25, 0.3) is 22.4 Å². The van der Waals surface area contributed by atoms with E-state index in [1.165, 1.54) is 12.8 Å². The topological polar surface area (TPSA) is 51.8 Å². The number of halogens is 2. The molecule has 3 aromatic heterocycles. The van der Waals surface area contributed by atoms with Crippen LogP contribution in [0.2, 0.25) is 0 Å². The van der Waals surface area contributed by atoms with Gasteiger partial charge in [-0.15, -0.1) is 0 Å². The third-order valence-electron chi connectivity index (χ3n) is 6.12. The third kappa shape index (κ3) is 3.60. The molecule has 8 heteroatoms. The van der Waals surface area contributed by atoms with Crippen LogP contribution in [0.4, 0.5) is 10.2 Å². The molecular weight excluding hydrogens is 506 g/mol. The van der Waals surface area contributed by atoms with E-state index in [4.69, 9.17) is 9.97 Å². The monoisotopic (exact) mass is 530 g/mol. The molecular formula is C23H24FIN6. The zero-order valence-electron chi connectivity index (χ0n) is 17.8. The fourth-order valence-electron chi connectivity index (χ4n) is 4.54. The van der Waals surface area contributed by atoms with Gasteiger partial charge in [0.05, 0.1) is 21.3 Å². The molecule has 2 atom stereocenters. The molecule has 4 heterocycles. The first-order valence-electron chi connectivity index (χ1n) is 10.5. The maximum absolute atomic E-state index is 14.9. The van der Waals surface area contributed by atoms with Crippen molar-refractivity contribution in [2.45, 2.75) is 45.3 Å². The largest absolute Gasteiger partial charge is 0.351 e. The van der Waals surface area contributed by atoms with Gasteiger partial charge in [0.2, 0.25) is 0 Å². The highest BCUT2D eigenvalue weighted by Crippen LogP contribution is 2.32. The van der Waals surface area contributed by atoms with E-state index in [1.54, 1.807) is 10.7 Å². The van der Waals surface area contributed by atoms with Gasteiger partial charge in [-0.3, -0.25) is 4.68 Å². The molecule has 0 saturated carbocycles. The smallest absolute Gasteiger partial charge is 0.164 e. The Balaban J connectivity index is 1.60. The first kappa shape index (κ1) is 20.4. The van der Waals surface area contributed by atoms with Gasteiger partial charge >= 0.3 is 0 Å². The average Bonchev–Trinajstić information content (AvgIpc) is 3.43. The van der Waals surface area contributed by atoms with Crippen LogP contribution in [0.1, 0.15) is 32.4 Å². The van der Waals surface area contributed by atoms with E-state index in [1.807, 2.05) is 64.8 Å². The van der Waals surface area contributed by atoms with Gasteiger partial charge in [-0.2, -0.15) is 5.10 Å². The summed E-state index contributed by atoms with van der Waals surface area (Å²) >= 11 is 2.01. The molecule has 1 aliphatic rings. The fraction of sp³-hybridized carbons (Fsp3) is 0.348. The van der Waals surface area contributed by atoms with Crippen molar-refractivity contribution in [3.8, 4) is 11.4 Å². The lowest BCUT2D eigenvalue weighted by atomic mass is 10.2. The van der Waals surface area contributed by atoms with Crippen molar-refractivity contribution >= 4 is 39.4 Å². The summed E-state index contributed by atoms with van der Waals surface area (Å²) < 4.78 is 19.2. The van der Waals surface area contributed by atoms with E-state index in [0.717, 1.165) is 22.6 Å². The molecule has 0 aliphatic carbocycles. The molecule has 0 spiro atoms. The Morgan fingerprint density at radius 3 is 2.52 bits per heavy atom. The van der Waals surface area contributed by atoms with Crippen LogP contribution in [0, 0.1) is 9.39 Å². The molecule has 0 amide bonds. The van der Waals surface area contributed by atoms with Crippen LogP contribution >= 0.6 is 22.6 Å². The number of hydrogen-bond acceptors (Lipinski definition) is 4. The molecule has 6 nitrogen and oxygen atoms in total. The summed E-state index contributed by atoms with van der Waals surface area (Å²) in [5.74, 6) is 1.39. The summed E-state index contributed by atoms with van der Waals surface area (Å²) in [6.07, 6.45) is 6.13. The minimum atomic E-state index is -0.289. The maximum atomic E-state index is 14.9. The average molecular weight is 530 g/mol. The molecule has 5 rings (SSSR count). The number of nitrogens with zero attached hydrogens (tertiary/aromatic N) is 6. The van der Waals surface area contributed by atoms with E-state index in [0.29, 0.717) is 33.5 Å². The molecule has 0 bridgehead atoms. The minimum Gasteiger partial charge on any atom is -0.351 e. The van der Waals surface area contributed by atoms with E-state index >= 15 is 0 Å². The van der Waals surface area contributed by atoms with Gasteiger partial charge in [-0.05, 0) is 79.6 Å². The van der Waals surface area contributed by atoms with Gasteiger partial charge in [0.25, 0.3) is 0 Å². The van der Waals surface area contributed by atoms with Crippen LogP contribution in [0.3, 0.4) is 0 Å². The summed E-state index contributed by atoms with van der Waals surface area (Å²) in [6.45, 7) is 5.00. The maximum Gasteiger partial charge on any atom is 0.164 e. The second-order valence-corrected chi connectivity index (χ2v) is 9.48. The van der Waals surface area contributed by atoms with Crippen molar-refractivity contribution in [3.63, 3.8) is 0 Å². The van der Waals surface area contributed by atoms with Gasteiger partial charge < -0.3 is 9.47 Å². The Morgan fingerprint density at radius 1 is 1.10 bits per heavy atom. The minimum absolute atomic E-state index is 0.289. The molecule has 0 radical (unpaired) electrons. The summed E-state index contributed by atoms with van der Waals surface area (Å²) in [5.41, 5.74) is 2.89. The summed E-state index contributed by atoms with van der Waals surface area (Å²) in [5, 5.41) is 4.50. The number of imidazole rings is 1. The standard InChI is InChI=1S/C23H24FIN6/c1-14-4-5-15(2)31(14)20-9-6-16(12-26-20)23-27-22-19(8-7-18(25)21(22)24)30(23)13-17-10-11-29(3)28-17/h6-12,14-15H,4-5,13H2,1-3H3/t14-,15-/m0/s1. The zero-order valence-corrected chi connectivity index (χ0v) is 19.9. The highest BCUT2D eigenvalue weighted by molar-refractivity contribution is 14.1. The van der Waals surface area contributed by atoms with E-state index < -0.39 is 0 Å². The predicted molar refractivity (Wildman–Crippen MR) is 129 cm³/mol. The van der Waals surface area contributed by atoms with Gasteiger partial charge in [-0.25, -0.2) is 14.4 Å². The van der Waals surface area contributed by atoms with Gasteiger partial charge in [0.1, 0.15) is 17.2 Å². The summed E-state index contributed by atoms with van der Waals surface area (Å²) in [6, 6.07) is 10.7. The van der Waals surface area contributed by atoms with E-state index in [9.17, 15) is 4.39 Å². The van der Waals surface area contributed by atoms with Crippen LogP contribution in [0.5, 0.6) is 0 Å². The number of pyridine rings is 1. The molecule has 1 fully saturated rings. The lowest BCUT2D eigenvalue weighted by Crippen LogP contribution is -2.33. The Morgan fingerprint density at radius 2 is 1.87 bits per heavy atom. The molecule has 160 valence electrons. The van der Waals surface area contributed by atoms with Crippen molar-refractivity contribution in [1.29, 1.82) is 0 Å². The lowest BCUT2D eigenvalue weighted by molar-refractivity contribution is 0.630. The van der Waals surface area contributed by atoms with Crippen molar-refractivity contribution in [2.75, 3.05) is 4.90 Å². The van der Waals surface area contributed by atoms with Gasteiger partial charge in [0, 0.05) is 37.1 Å². The van der Waals surface area contributed by atoms with Gasteiger partial charge in [-0.1, -0.05) is 0 Å². The molecule has 0 unspecified atom stereocenters. The van der Waals surface area contributed by atoms with Gasteiger partial charge in [0.15, 0.2) is 5.82 Å². The van der Waals surface area contributed by atoms with Crippen LogP contribution in [-0.4, -0.2) is 36.4 Å². The first-order valence-corrected chi connectivity index (χ1v) is 11.6. The molecule has 4 aromatic rings. The van der Waals surface area contributed by atoms with Crippen molar-refractivity contribution in [1.82, 2.24) is 24.3 Å². The van der Waals surface area contributed by atoms with Crippen LogP contribution in [-0.2, 0) is 13.6 Å². The number of anilines is 1. The summed E-state index contributed by atoms with van der Waals surface area (Å²) in [4.78, 5) is 11.8. The second-order valence-electron chi connectivity index (χ2n) is 8.32. The third-order valence-corrected chi connectivity index (χ3v) is 6.96. The molecule has 1 saturated heterocycles. The Kier molecular flexibility index (Phi) is 5.19. The number of benzene rings is 1. The molecule has 0 N–H and O–H groups in total. The quantitative estimate of drug-likeness (QED) is 0.349. The SMILES string of the molecule is C[C@H]1CC[C@H](C)N1c1ccc(-c2nc3c(F)c(I)ccc3n2Cc2ccn(C)n2)cn1. The van der Waals surface area contributed by atoms with E-state index in [2.05, 4.69) is 29.9 Å². The molecule has 1 aromatic carbocycles. The normalized spacial score (nSPS) is 18.9. The number of aryl methyl sites for hydroxylation is 1. The van der Waals surface area contributed by atoms with Crippen molar-refractivity contribution < 1.29 is 4.39 Å². The number of rotatable bonds is 4.